The summed E-state index contributed by atoms with van der Waals surface area (Å²) in [5.74, 6) is -0.774. The van der Waals surface area contributed by atoms with E-state index in [0.29, 0.717) is 24.0 Å². The van der Waals surface area contributed by atoms with Crippen LogP contribution in [-0.2, 0) is 11.0 Å². The van der Waals surface area contributed by atoms with Crippen LogP contribution in [0.1, 0.15) is 48.8 Å². The van der Waals surface area contributed by atoms with Crippen LogP contribution in [-0.4, -0.2) is 40.3 Å². The Morgan fingerprint density at radius 1 is 0.850 bits per heavy atom. The van der Waals surface area contributed by atoms with E-state index < -0.39 is 11.7 Å². The Morgan fingerprint density at radius 3 is 1.93 bits per heavy atom. The zero-order valence-corrected chi connectivity index (χ0v) is 22.5. The molecule has 3 aromatic carbocycles. The second kappa shape index (κ2) is 12.1. The van der Waals surface area contributed by atoms with Crippen LogP contribution in [0.25, 0.3) is 5.57 Å². The highest BCUT2D eigenvalue weighted by Crippen LogP contribution is 2.41. The number of alkyl halides is 3. The van der Waals surface area contributed by atoms with Crippen molar-refractivity contribution in [3.05, 3.63) is 107 Å². The quantitative estimate of drug-likeness (QED) is 0.202. The summed E-state index contributed by atoms with van der Waals surface area (Å²) in [4.78, 5) is 15.5. The molecular formula is C31H29F5N2OS. The first kappa shape index (κ1) is 28.4. The first-order valence-electron chi connectivity index (χ1n) is 13.3. The topological polar surface area (TPSA) is 23.6 Å². The van der Waals surface area contributed by atoms with Crippen LogP contribution in [0.4, 0.5) is 22.0 Å². The van der Waals surface area contributed by atoms with Gasteiger partial charge < -0.3 is 4.90 Å². The van der Waals surface area contributed by atoms with Crippen molar-refractivity contribution < 1.29 is 26.7 Å². The van der Waals surface area contributed by atoms with Gasteiger partial charge in [0.15, 0.2) is 0 Å². The van der Waals surface area contributed by atoms with Gasteiger partial charge in [-0.05, 0) is 96.8 Å². The molecular weight excluding hydrogens is 543 g/mol. The summed E-state index contributed by atoms with van der Waals surface area (Å²) in [6, 6.07) is 17.9. The molecule has 0 unspecified atom stereocenters. The first-order valence-corrected chi connectivity index (χ1v) is 14.1. The van der Waals surface area contributed by atoms with E-state index >= 15 is 0 Å². The lowest BCUT2D eigenvalue weighted by molar-refractivity contribution is -0.137. The van der Waals surface area contributed by atoms with Gasteiger partial charge in [0.25, 0.3) is 0 Å². The zero-order chi connectivity index (χ0) is 28.3. The van der Waals surface area contributed by atoms with Crippen LogP contribution in [0.2, 0.25) is 0 Å². The van der Waals surface area contributed by atoms with E-state index in [-0.39, 0.29) is 30.0 Å². The second-order valence-corrected chi connectivity index (χ2v) is 11.2. The van der Waals surface area contributed by atoms with Gasteiger partial charge >= 0.3 is 6.18 Å². The first-order chi connectivity index (χ1) is 19.2. The van der Waals surface area contributed by atoms with Gasteiger partial charge in [-0.25, -0.2) is 13.1 Å². The third-order valence-electron chi connectivity index (χ3n) is 7.25. The standard InChI is InChI=1S/C31H29F5N2OS/c32-24-8-4-21(5-9-24)29(22-6-10-25(33)11-7-22)14-15-30(39)37-18-16-27(17-19-37)38(26-12-13-26)40-28-3-1-2-23(20-28)31(34,35)36/h1-11,14,20,26-27H,12-13,15-19H2. The maximum absolute atomic E-state index is 13.5. The van der Waals surface area contributed by atoms with Crippen molar-refractivity contribution in [3.63, 3.8) is 0 Å². The molecule has 1 aliphatic carbocycles. The lowest BCUT2D eigenvalue weighted by Crippen LogP contribution is -2.45. The highest BCUT2D eigenvalue weighted by Gasteiger charge is 2.37. The predicted octanol–water partition coefficient (Wildman–Crippen LogP) is 7.97. The molecule has 0 radical (unpaired) electrons. The molecule has 0 atom stereocenters. The molecule has 0 N–H and O–H groups in total. The molecule has 9 heteroatoms. The van der Waals surface area contributed by atoms with Crippen LogP contribution in [0, 0.1) is 11.6 Å². The Kier molecular flexibility index (Phi) is 8.61. The summed E-state index contributed by atoms with van der Waals surface area (Å²) in [5, 5.41) is 0. The van der Waals surface area contributed by atoms with E-state index in [0.717, 1.165) is 48.4 Å². The molecule has 1 heterocycles. The van der Waals surface area contributed by atoms with Gasteiger partial charge in [0.2, 0.25) is 5.91 Å². The number of hydrogen-bond acceptors (Lipinski definition) is 3. The predicted molar refractivity (Wildman–Crippen MR) is 146 cm³/mol. The van der Waals surface area contributed by atoms with Crippen molar-refractivity contribution in [3.8, 4) is 0 Å². The molecule has 1 saturated heterocycles. The van der Waals surface area contributed by atoms with Gasteiger partial charge in [-0.15, -0.1) is 0 Å². The molecule has 3 nitrogen and oxygen atoms in total. The van der Waals surface area contributed by atoms with Gasteiger partial charge in [-0.3, -0.25) is 4.79 Å². The summed E-state index contributed by atoms with van der Waals surface area (Å²) in [6.45, 7) is 1.12. The average Bonchev–Trinajstić information content (AvgIpc) is 3.79. The lowest BCUT2D eigenvalue weighted by Gasteiger charge is -2.38. The Labute approximate surface area is 234 Å². The van der Waals surface area contributed by atoms with Crippen LogP contribution in [0.3, 0.4) is 0 Å². The molecule has 1 aliphatic heterocycles. The maximum atomic E-state index is 13.5. The van der Waals surface area contributed by atoms with Gasteiger partial charge in [-0.1, -0.05) is 36.4 Å². The van der Waals surface area contributed by atoms with Gasteiger partial charge in [0.05, 0.1) is 5.56 Å². The van der Waals surface area contributed by atoms with Crippen molar-refractivity contribution in [1.29, 1.82) is 0 Å². The van der Waals surface area contributed by atoms with Crippen molar-refractivity contribution >= 4 is 23.4 Å². The third kappa shape index (κ3) is 7.12. The Morgan fingerprint density at radius 2 is 1.40 bits per heavy atom. The Balaban J connectivity index is 1.23. The monoisotopic (exact) mass is 572 g/mol. The van der Waals surface area contributed by atoms with Crippen molar-refractivity contribution in [2.24, 2.45) is 0 Å². The number of hydrogen-bond donors (Lipinski definition) is 0. The number of likely N-dealkylation sites (tertiary alicyclic amines) is 1. The summed E-state index contributed by atoms with van der Waals surface area (Å²) >= 11 is 1.38. The Bertz CT molecular complexity index is 1300. The molecule has 5 rings (SSSR count). The minimum absolute atomic E-state index is 0.0383. The molecule has 0 aromatic heterocycles. The number of benzene rings is 3. The van der Waals surface area contributed by atoms with Crippen molar-refractivity contribution in [1.82, 2.24) is 9.21 Å². The van der Waals surface area contributed by atoms with E-state index in [1.54, 1.807) is 36.4 Å². The van der Waals surface area contributed by atoms with E-state index in [2.05, 4.69) is 4.31 Å². The van der Waals surface area contributed by atoms with Crippen molar-refractivity contribution in [2.45, 2.75) is 55.3 Å². The number of carbonyl (C=O) groups excluding carboxylic acids is 1. The summed E-state index contributed by atoms with van der Waals surface area (Å²) in [5.41, 5.74) is 1.53. The summed E-state index contributed by atoms with van der Waals surface area (Å²) in [7, 11) is 0. The third-order valence-corrected chi connectivity index (χ3v) is 8.52. The fraction of sp³-hybridized carbons (Fsp3) is 0.323. The molecule has 1 saturated carbocycles. The lowest BCUT2D eigenvalue weighted by atomic mass is 9.96. The minimum Gasteiger partial charge on any atom is -0.342 e. The van der Waals surface area contributed by atoms with Crippen molar-refractivity contribution in [2.75, 3.05) is 13.1 Å². The fourth-order valence-corrected chi connectivity index (χ4v) is 6.26. The van der Waals surface area contributed by atoms with E-state index in [4.69, 9.17) is 0 Å². The smallest absolute Gasteiger partial charge is 0.342 e. The van der Waals surface area contributed by atoms with Crippen LogP contribution in [0.5, 0.6) is 0 Å². The molecule has 1 amide bonds. The molecule has 210 valence electrons. The van der Waals surface area contributed by atoms with Crippen LogP contribution < -0.4 is 0 Å². The molecule has 0 spiro atoms. The van der Waals surface area contributed by atoms with E-state index in [1.165, 1.54) is 48.3 Å². The number of amides is 1. The summed E-state index contributed by atoms with van der Waals surface area (Å²) < 4.78 is 68.8. The van der Waals surface area contributed by atoms with Gasteiger partial charge in [0, 0.05) is 36.5 Å². The van der Waals surface area contributed by atoms with E-state index in [9.17, 15) is 26.7 Å². The van der Waals surface area contributed by atoms with Gasteiger partial charge in [0.1, 0.15) is 11.6 Å². The highest BCUT2D eigenvalue weighted by atomic mass is 32.2. The second-order valence-electron chi connectivity index (χ2n) is 10.2. The van der Waals surface area contributed by atoms with E-state index in [1.807, 2.05) is 4.90 Å². The maximum Gasteiger partial charge on any atom is 0.416 e. The molecule has 3 aromatic rings. The van der Waals surface area contributed by atoms with Gasteiger partial charge in [-0.2, -0.15) is 13.2 Å². The molecule has 40 heavy (non-hydrogen) atoms. The largest absolute Gasteiger partial charge is 0.416 e. The molecule has 2 fully saturated rings. The molecule has 2 aliphatic rings. The number of carbonyl (C=O) groups is 1. The number of piperidine rings is 1. The van der Waals surface area contributed by atoms with Crippen LogP contribution >= 0.6 is 11.9 Å². The Hall–Kier alpha value is -3.17. The highest BCUT2D eigenvalue weighted by molar-refractivity contribution is 7.97. The molecule has 0 bridgehead atoms. The number of halogens is 5. The van der Waals surface area contributed by atoms with Crippen LogP contribution in [0.15, 0.2) is 83.8 Å². The SMILES string of the molecule is O=C(CC=C(c1ccc(F)cc1)c1ccc(F)cc1)N1CCC(N(Sc2cccc(C(F)(F)F)c2)C2CC2)CC1. The fourth-order valence-electron chi connectivity index (χ4n) is 4.98. The zero-order valence-electron chi connectivity index (χ0n) is 21.7. The summed E-state index contributed by atoms with van der Waals surface area (Å²) in [6.07, 6.45) is 1.07. The average molecular weight is 573 g/mol. The normalized spacial score (nSPS) is 16.3. The number of nitrogens with zero attached hydrogens (tertiary/aromatic N) is 2. The number of rotatable bonds is 8. The minimum atomic E-state index is -4.38.